The molecule has 0 saturated carbocycles. The van der Waals surface area contributed by atoms with Crippen LogP contribution in [0.2, 0.25) is 0 Å². The number of thioether (sulfide) groups is 1. The molecule has 1 aliphatic heterocycles. The summed E-state index contributed by atoms with van der Waals surface area (Å²) in [6.07, 6.45) is 3.84. The van der Waals surface area contributed by atoms with Crippen LogP contribution in [0.5, 0.6) is 0 Å². The van der Waals surface area contributed by atoms with Gasteiger partial charge in [-0.1, -0.05) is 6.92 Å². The summed E-state index contributed by atoms with van der Waals surface area (Å²) in [5.74, 6) is 0.458. The average molecular weight is 259 g/mol. The molecule has 1 fully saturated rings. The lowest BCUT2D eigenvalue weighted by Crippen LogP contribution is -2.37. The van der Waals surface area contributed by atoms with Crippen LogP contribution in [0.25, 0.3) is 0 Å². The van der Waals surface area contributed by atoms with Gasteiger partial charge in [-0.25, -0.2) is 0 Å². The Hall–Kier alpha value is -0.710. The maximum absolute atomic E-state index is 11.8. The predicted octanol–water partition coefficient (Wildman–Crippen LogP) is 1.68. The van der Waals surface area contributed by atoms with Gasteiger partial charge >= 0.3 is 5.97 Å². The van der Waals surface area contributed by atoms with Crippen LogP contribution >= 0.6 is 11.8 Å². The van der Waals surface area contributed by atoms with Gasteiger partial charge in [0, 0.05) is 18.3 Å². The van der Waals surface area contributed by atoms with Crippen molar-refractivity contribution in [1.82, 2.24) is 4.90 Å². The highest BCUT2D eigenvalue weighted by atomic mass is 32.2. The molecular weight excluding hydrogens is 238 g/mol. The maximum Gasteiger partial charge on any atom is 0.306 e. The van der Waals surface area contributed by atoms with Crippen LogP contribution in [0.15, 0.2) is 0 Å². The molecular formula is C12H21NO3S. The molecule has 0 aliphatic carbocycles. The van der Waals surface area contributed by atoms with Gasteiger partial charge in [-0.3, -0.25) is 9.59 Å². The fraction of sp³-hybridized carbons (Fsp3) is 0.833. The second-order valence-corrected chi connectivity index (χ2v) is 5.77. The maximum atomic E-state index is 11.8. The topological polar surface area (TPSA) is 46.6 Å². The van der Waals surface area contributed by atoms with Gasteiger partial charge in [-0.2, -0.15) is 0 Å². The summed E-state index contributed by atoms with van der Waals surface area (Å²) >= 11 is 1.53. The van der Waals surface area contributed by atoms with E-state index < -0.39 is 0 Å². The molecule has 0 spiro atoms. The number of ether oxygens (including phenoxy) is 1. The number of hydrogen-bond donors (Lipinski definition) is 0. The number of piperidine rings is 1. The monoisotopic (exact) mass is 259 g/mol. The zero-order valence-electron chi connectivity index (χ0n) is 10.6. The normalized spacial score (nSPS) is 17.6. The van der Waals surface area contributed by atoms with Crippen LogP contribution in [-0.2, 0) is 14.3 Å². The second kappa shape index (κ2) is 7.58. The molecule has 1 atom stereocenters. The van der Waals surface area contributed by atoms with E-state index in [0.29, 0.717) is 12.2 Å². The number of nitrogens with zero attached hydrogens (tertiary/aromatic N) is 1. The molecule has 98 valence electrons. The van der Waals surface area contributed by atoms with E-state index in [4.69, 9.17) is 0 Å². The first-order chi connectivity index (χ1) is 8.13. The summed E-state index contributed by atoms with van der Waals surface area (Å²) in [5.41, 5.74) is 0. The first kappa shape index (κ1) is 14.4. The van der Waals surface area contributed by atoms with Crippen molar-refractivity contribution in [2.45, 2.75) is 37.9 Å². The van der Waals surface area contributed by atoms with Gasteiger partial charge in [0.2, 0.25) is 5.91 Å². The minimum absolute atomic E-state index is 0.135. The number of rotatable bonds is 5. The fourth-order valence-electron chi connectivity index (χ4n) is 1.83. The number of methoxy groups -OCH3 is 1. The summed E-state index contributed by atoms with van der Waals surface area (Å²) in [4.78, 5) is 24.8. The first-order valence-corrected chi connectivity index (χ1v) is 7.14. The Balaban J connectivity index is 2.20. The Kier molecular flexibility index (Phi) is 6.40. The molecule has 5 heteroatoms. The van der Waals surface area contributed by atoms with Crippen molar-refractivity contribution < 1.29 is 14.3 Å². The molecule has 0 aromatic carbocycles. The molecule has 0 aromatic rings. The molecule has 0 bridgehead atoms. The first-order valence-electron chi connectivity index (χ1n) is 6.09. The lowest BCUT2D eigenvalue weighted by atomic mass is 10.1. The van der Waals surface area contributed by atoms with Gasteiger partial charge in [-0.15, -0.1) is 11.8 Å². The highest BCUT2D eigenvalue weighted by molar-refractivity contribution is 8.00. The minimum Gasteiger partial charge on any atom is -0.469 e. The number of carbonyl (C=O) groups excluding carboxylic acids is 2. The van der Waals surface area contributed by atoms with Crippen molar-refractivity contribution in [2.75, 3.05) is 26.0 Å². The zero-order valence-corrected chi connectivity index (χ0v) is 11.4. The second-order valence-electron chi connectivity index (χ2n) is 4.34. The number of likely N-dealkylation sites (tertiary alicyclic amines) is 1. The zero-order chi connectivity index (χ0) is 12.7. The van der Waals surface area contributed by atoms with E-state index >= 15 is 0 Å². The van der Waals surface area contributed by atoms with E-state index in [1.807, 2.05) is 11.8 Å². The third kappa shape index (κ3) is 5.44. The van der Waals surface area contributed by atoms with Gasteiger partial charge < -0.3 is 9.64 Å². The van der Waals surface area contributed by atoms with Gasteiger partial charge in [0.15, 0.2) is 0 Å². The molecule has 1 amide bonds. The number of esters is 1. The summed E-state index contributed by atoms with van der Waals surface area (Å²) < 4.78 is 4.60. The van der Waals surface area contributed by atoms with Crippen molar-refractivity contribution in [3.8, 4) is 0 Å². The quantitative estimate of drug-likeness (QED) is 0.705. The lowest BCUT2D eigenvalue weighted by Gasteiger charge is -2.26. The van der Waals surface area contributed by atoms with E-state index in [2.05, 4.69) is 4.74 Å². The Morgan fingerprint density at radius 1 is 1.29 bits per heavy atom. The molecule has 1 heterocycles. The van der Waals surface area contributed by atoms with E-state index in [-0.39, 0.29) is 17.1 Å². The third-order valence-electron chi connectivity index (χ3n) is 2.88. The molecule has 0 radical (unpaired) electrons. The summed E-state index contributed by atoms with van der Waals surface area (Å²) in [7, 11) is 1.39. The largest absolute Gasteiger partial charge is 0.469 e. The smallest absolute Gasteiger partial charge is 0.306 e. The van der Waals surface area contributed by atoms with Crippen LogP contribution in [0, 0.1) is 0 Å². The fourth-order valence-corrected chi connectivity index (χ4v) is 2.69. The van der Waals surface area contributed by atoms with Gasteiger partial charge in [0.25, 0.3) is 0 Å². The van der Waals surface area contributed by atoms with Crippen molar-refractivity contribution in [3.63, 3.8) is 0 Å². The molecule has 1 unspecified atom stereocenters. The van der Waals surface area contributed by atoms with Gasteiger partial charge in [-0.05, 0) is 19.3 Å². The van der Waals surface area contributed by atoms with Gasteiger partial charge in [0.1, 0.15) is 0 Å². The Bertz CT molecular complexity index is 264. The average Bonchev–Trinajstić information content (AvgIpc) is 2.36. The van der Waals surface area contributed by atoms with Crippen molar-refractivity contribution in [3.05, 3.63) is 0 Å². The van der Waals surface area contributed by atoms with E-state index in [9.17, 15) is 9.59 Å². The highest BCUT2D eigenvalue weighted by Gasteiger charge is 2.18. The highest BCUT2D eigenvalue weighted by Crippen LogP contribution is 2.17. The van der Waals surface area contributed by atoms with Crippen molar-refractivity contribution >= 4 is 23.6 Å². The Morgan fingerprint density at radius 2 is 1.94 bits per heavy atom. The van der Waals surface area contributed by atoms with Crippen molar-refractivity contribution in [1.29, 1.82) is 0 Å². The SMILES string of the molecule is COC(=O)CC(C)SCC(=O)N1CCCCC1. The summed E-state index contributed by atoms with van der Waals surface area (Å²) in [6.45, 7) is 3.74. The Labute approximate surface area is 107 Å². The Morgan fingerprint density at radius 3 is 2.53 bits per heavy atom. The standard InChI is InChI=1S/C12H21NO3S/c1-10(8-12(15)16-2)17-9-11(14)13-6-4-3-5-7-13/h10H,3-9H2,1-2H3. The van der Waals surface area contributed by atoms with E-state index in [0.717, 1.165) is 25.9 Å². The van der Waals surface area contributed by atoms with Crippen LogP contribution in [0.1, 0.15) is 32.6 Å². The molecule has 0 aromatic heterocycles. The number of hydrogen-bond acceptors (Lipinski definition) is 4. The molecule has 1 saturated heterocycles. The van der Waals surface area contributed by atoms with E-state index in [1.54, 1.807) is 0 Å². The predicted molar refractivity (Wildman–Crippen MR) is 69.0 cm³/mol. The molecule has 1 rings (SSSR count). The summed E-state index contributed by atoms with van der Waals surface area (Å²) in [6, 6.07) is 0. The van der Waals surface area contributed by atoms with Crippen LogP contribution < -0.4 is 0 Å². The number of amides is 1. The lowest BCUT2D eigenvalue weighted by molar-refractivity contribution is -0.140. The number of carbonyl (C=O) groups is 2. The van der Waals surface area contributed by atoms with Crippen LogP contribution in [0.4, 0.5) is 0 Å². The van der Waals surface area contributed by atoms with Crippen LogP contribution in [-0.4, -0.2) is 48.0 Å². The van der Waals surface area contributed by atoms with Gasteiger partial charge in [0.05, 0.1) is 19.3 Å². The van der Waals surface area contributed by atoms with Crippen molar-refractivity contribution in [2.24, 2.45) is 0 Å². The molecule has 0 N–H and O–H groups in total. The third-order valence-corrected chi connectivity index (χ3v) is 4.03. The summed E-state index contributed by atoms with van der Waals surface area (Å²) in [5, 5.41) is 0.135. The van der Waals surface area contributed by atoms with Crippen LogP contribution in [0.3, 0.4) is 0 Å². The minimum atomic E-state index is -0.213. The molecule has 1 aliphatic rings. The molecule has 17 heavy (non-hydrogen) atoms. The van der Waals surface area contributed by atoms with E-state index in [1.165, 1.54) is 25.3 Å². The molecule has 4 nitrogen and oxygen atoms in total.